The normalized spacial score (nSPS) is 11.8. The molecular weight excluding hydrogens is 311 g/mol. The van der Waals surface area contributed by atoms with Crippen LogP contribution in [0.25, 0.3) is 0 Å². The van der Waals surface area contributed by atoms with Gasteiger partial charge in [0, 0.05) is 7.05 Å². The van der Waals surface area contributed by atoms with Gasteiger partial charge in [0.15, 0.2) is 0 Å². The smallest absolute Gasteiger partial charge is 0.272 e. The van der Waals surface area contributed by atoms with Crippen LogP contribution in [0.15, 0.2) is 48.5 Å². The third-order valence-corrected chi connectivity index (χ3v) is 3.58. The van der Waals surface area contributed by atoms with Crippen LogP contribution in [0.4, 0.5) is 5.69 Å². The van der Waals surface area contributed by atoms with Crippen LogP contribution in [0.3, 0.4) is 0 Å². The minimum Gasteiger partial charge on any atom is -0.368 e. The lowest BCUT2D eigenvalue weighted by atomic mass is 10.1. The van der Waals surface area contributed by atoms with Crippen molar-refractivity contribution in [2.45, 2.75) is 6.04 Å². The largest absolute Gasteiger partial charge is 0.368 e. The van der Waals surface area contributed by atoms with Gasteiger partial charge in [-0.1, -0.05) is 59.6 Å². The molecule has 2 aromatic rings. The molecule has 6 heteroatoms. The summed E-state index contributed by atoms with van der Waals surface area (Å²) in [6.07, 6.45) is 0. The zero-order valence-corrected chi connectivity index (χ0v) is 12.8. The van der Waals surface area contributed by atoms with Crippen molar-refractivity contribution in [3.8, 4) is 0 Å². The Morgan fingerprint density at radius 3 is 2.19 bits per heavy atom. The van der Waals surface area contributed by atoms with Gasteiger partial charge in [0.25, 0.3) is 5.91 Å². The number of halogens is 2. The van der Waals surface area contributed by atoms with Crippen molar-refractivity contribution in [3.63, 3.8) is 0 Å². The Labute approximate surface area is 132 Å². The molecule has 2 rings (SSSR count). The van der Waals surface area contributed by atoms with Gasteiger partial charge in [-0.25, -0.2) is 5.06 Å². The second-order valence-corrected chi connectivity index (χ2v) is 5.26. The summed E-state index contributed by atoms with van der Waals surface area (Å²) >= 11 is 12.2. The molecule has 0 aromatic heterocycles. The third-order valence-electron chi connectivity index (χ3n) is 2.95. The molecule has 1 unspecified atom stereocenters. The maximum Gasteiger partial charge on any atom is 0.272 e. The van der Waals surface area contributed by atoms with E-state index in [1.807, 2.05) is 18.2 Å². The van der Waals surface area contributed by atoms with Gasteiger partial charge in [0.1, 0.15) is 6.04 Å². The average molecular weight is 325 g/mol. The number of carbonyl (C=O) groups is 1. The highest BCUT2D eigenvalue weighted by Crippen LogP contribution is 2.33. The Morgan fingerprint density at radius 2 is 1.67 bits per heavy atom. The Bertz CT molecular complexity index is 613. The van der Waals surface area contributed by atoms with Crippen LogP contribution in [0.2, 0.25) is 10.0 Å². The molecule has 0 heterocycles. The van der Waals surface area contributed by atoms with Crippen LogP contribution < -0.4 is 5.32 Å². The molecule has 2 N–H and O–H groups in total. The first-order chi connectivity index (χ1) is 10.0. The van der Waals surface area contributed by atoms with Crippen LogP contribution in [0.1, 0.15) is 11.6 Å². The van der Waals surface area contributed by atoms with E-state index in [1.54, 1.807) is 30.3 Å². The van der Waals surface area contributed by atoms with Crippen LogP contribution in [-0.2, 0) is 4.79 Å². The topological polar surface area (TPSA) is 52.6 Å². The summed E-state index contributed by atoms with van der Waals surface area (Å²) in [4.78, 5) is 12.2. The molecular formula is C15H14Cl2N2O2. The first-order valence-electron chi connectivity index (χ1n) is 6.22. The molecule has 21 heavy (non-hydrogen) atoms. The lowest BCUT2D eigenvalue weighted by molar-refractivity contribution is -0.160. The number of para-hydroxylation sites is 1. The fourth-order valence-corrected chi connectivity index (χ4v) is 2.41. The first-order valence-corrected chi connectivity index (χ1v) is 6.98. The summed E-state index contributed by atoms with van der Waals surface area (Å²) < 4.78 is 0. The number of anilines is 1. The predicted octanol–water partition coefficient (Wildman–Crippen LogP) is 3.99. The van der Waals surface area contributed by atoms with Gasteiger partial charge in [-0.3, -0.25) is 10.0 Å². The Kier molecular flexibility index (Phi) is 5.07. The van der Waals surface area contributed by atoms with Crippen molar-refractivity contribution < 1.29 is 10.0 Å². The molecule has 0 radical (unpaired) electrons. The van der Waals surface area contributed by atoms with Gasteiger partial charge >= 0.3 is 0 Å². The summed E-state index contributed by atoms with van der Waals surface area (Å²) in [6, 6.07) is 13.3. The molecule has 0 saturated carbocycles. The number of hydrogen-bond acceptors (Lipinski definition) is 3. The summed E-state index contributed by atoms with van der Waals surface area (Å²) in [5.74, 6) is -0.516. The van der Waals surface area contributed by atoms with Crippen LogP contribution >= 0.6 is 23.2 Å². The fourth-order valence-electron chi connectivity index (χ4n) is 1.90. The van der Waals surface area contributed by atoms with Gasteiger partial charge in [0.05, 0.1) is 15.7 Å². The van der Waals surface area contributed by atoms with Crippen molar-refractivity contribution in [2.24, 2.45) is 0 Å². The zero-order valence-electron chi connectivity index (χ0n) is 11.3. The van der Waals surface area contributed by atoms with Crippen molar-refractivity contribution in [1.82, 2.24) is 5.06 Å². The van der Waals surface area contributed by atoms with Crippen molar-refractivity contribution in [2.75, 3.05) is 12.4 Å². The Morgan fingerprint density at radius 1 is 1.10 bits per heavy atom. The Balaban J connectivity index is 2.40. The number of benzene rings is 2. The second-order valence-electron chi connectivity index (χ2n) is 4.45. The van der Waals surface area contributed by atoms with E-state index >= 15 is 0 Å². The van der Waals surface area contributed by atoms with E-state index in [0.29, 0.717) is 26.4 Å². The molecule has 2 aromatic carbocycles. The van der Waals surface area contributed by atoms with E-state index < -0.39 is 11.9 Å². The molecule has 0 aliphatic carbocycles. The number of carbonyl (C=O) groups excluding carboxylic acids is 1. The van der Waals surface area contributed by atoms with Gasteiger partial charge in [-0.05, 0) is 17.7 Å². The highest BCUT2D eigenvalue weighted by Gasteiger charge is 2.24. The molecule has 0 bridgehead atoms. The van der Waals surface area contributed by atoms with Crippen LogP contribution in [0, 0.1) is 0 Å². The van der Waals surface area contributed by atoms with Gasteiger partial charge in [-0.15, -0.1) is 0 Å². The zero-order chi connectivity index (χ0) is 15.4. The second kappa shape index (κ2) is 6.80. The number of hydrogen-bond donors (Lipinski definition) is 2. The Hall–Kier alpha value is -1.75. The number of amides is 1. The maximum atomic E-state index is 12.2. The van der Waals surface area contributed by atoms with Gasteiger partial charge < -0.3 is 5.32 Å². The molecule has 110 valence electrons. The molecule has 1 atom stereocenters. The number of nitrogens with zero attached hydrogens (tertiary/aromatic N) is 1. The molecule has 0 aliphatic heterocycles. The van der Waals surface area contributed by atoms with Crippen molar-refractivity contribution in [1.29, 1.82) is 0 Å². The third kappa shape index (κ3) is 3.67. The van der Waals surface area contributed by atoms with Crippen molar-refractivity contribution >= 4 is 34.8 Å². The summed E-state index contributed by atoms with van der Waals surface area (Å²) in [6.45, 7) is 0. The highest BCUT2D eigenvalue weighted by atomic mass is 35.5. The van der Waals surface area contributed by atoms with Gasteiger partial charge in [-0.2, -0.15) is 0 Å². The van der Waals surface area contributed by atoms with Gasteiger partial charge in [0.2, 0.25) is 0 Å². The van der Waals surface area contributed by atoms with E-state index in [2.05, 4.69) is 5.32 Å². The average Bonchev–Trinajstić information content (AvgIpc) is 2.47. The van der Waals surface area contributed by atoms with E-state index in [1.165, 1.54) is 7.05 Å². The van der Waals surface area contributed by atoms with E-state index in [-0.39, 0.29) is 0 Å². The maximum absolute atomic E-state index is 12.2. The lowest BCUT2D eigenvalue weighted by Gasteiger charge is -2.23. The quantitative estimate of drug-likeness (QED) is 0.660. The monoisotopic (exact) mass is 324 g/mol. The molecule has 0 spiro atoms. The van der Waals surface area contributed by atoms with E-state index in [0.717, 1.165) is 0 Å². The van der Waals surface area contributed by atoms with Crippen LogP contribution in [0.5, 0.6) is 0 Å². The molecule has 0 saturated heterocycles. The predicted molar refractivity (Wildman–Crippen MR) is 83.8 cm³/mol. The number of nitrogens with one attached hydrogen (secondary N) is 1. The van der Waals surface area contributed by atoms with E-state index in [9.17, 15) is 10.0 Å². The fraction of sp³-hybridized carbons (Fsp3) is 0.133. The molecule has 0 fully saturated rings. The minimum absolute atomic E-state index is 0.400. The summed E-state index contributed by atoms with van der Waals surface area (Å²) in [5.41, 5.74) is 1.14. The number of hydroxylamine groups is 2. The molecule has 1 amide bonds. The molecule has 4 nitrogen and oxygen atoms in total. The first kappa shape index (κ1) is 15.6. The molecule has 0 aliphatic rings. The van der Waals surface area contributed by atoms with Crippen LogP contribution in [-0.4, -0.2) is 23.2 Å². The lowest BCUT2D eigenvalue weighted by Crippen LogP contribution is -2.33. The minimum atomic E-state index is -0.793. The number of rotatable bonds is 4. The number of likely N-dealkylation sites (N-methyl/N-ethyl adjacent to an activating group) is 1. The summed E-state index contributed by atoms with van der Waals surface area (Å²) in [7, 11) is 1.27. The highest BCUT2D eigenvalue weighted by molar-refractivity contribution is 6.39. The standard InChI is InChI=1S/C15H14Cl2N2O2/c1-19(21)15(20)13(10-6-3-2-4-7-10)18-14-11(16)8-5-9-12(14)17/h2-9,13,18,21H,1H3. The van der Waals surface area contributed by atoms with E-state index in [4.69, 9.17) is 23.2 Å². The summed E-state index contributed by atoms with van der Waals surface area (Å²) in [5, 5.41) is 13.8. The SMILES string of the molecule is CN(O)C(=O)C(Nc1c(Cl)cccc1Cl)c1ccccc1. The van der Waals surface area contributed by atoms with Crippen molar-refractivity contribution in [3.05, 3.63) is 64.1 Å².